The molecule has 1 heterocycles. The van der Waals surface area contributed by atoms with Crippen LogP contribution in [0.3, 0.4) is 0 Å². The summed E-state index contributed by atoms with van der Waals surface area (Å²) in [6, 6.07) is 20.7. The third kappa shape index (κ3) is 8.52. The lowest BCUT2D eigenvalue weighted by atomic mass is 10.3. The quantitative estimate of drug-likeness (QED) is 0.244. The molecule has 0 fully saturated rings. The molecule has 1 aromatic heterocycles. The van der Waals surface area contributed by atoms with Gasteiger partial charge < -0.3 is 29.4 Å². The zero-order valence-corrected chi connectivity index (χ0v) is 22.0. The van der Waals surface area contributed by atoms with E-state index in [2.05, 4.69) is 0 Å². The van der Waals surface area contributed by atoms with Gasteiger partial charge in [0.05, 0.1) is 14.2 Å². The maximum atomic E-state index is 13.4. The van der Waals surface area contributed by atoms with Crippen LogP contribution in [0, 0.1) is 6.92 Å². The van der Waals surface area contributed by atoms with Crippen molar-refractivity contribution in [3.05, 3.63) is 102 Å². The molecule has 0 unspecified atom stereocenters. The van der Waals surface area contributed by atoms with Crippen LogP contribution in [0.25, 0.3) is 0 Å². The number of aryl methyl sites for hydroxylation is 1. The van der Waals surface area contributed by atoms with Crippen LogP contribution in [0.4, 0.5) is 5.69 Å². The summed E-state index contributed by atoms with van der Waals surface area (Å²) in [5, 5.41) is 11.0. The lowest BCUT2D eigenvalue weighted by Crippen LogP contribution is -2.42. The molecule has 4 aromatic rings. The average molecular weight is 545 g/mol. The lowest BCUT2D eigenvalue weighted by molar-refractivity contribution is -0.860. The van der Waals surface area contributed by atoms with Gasteiger partial charge >= 0.3 is 7.82 Å². The molecular formula is C26H26ClN2O7P. The van der Waals surface area contributed by atoms with Crippen LogP contribution in [0.2, 0.25) is 5.02 Å². The fourth-order valence-electron chi connectivity index (χ4n) is 2.78. The normalized spacial score (nSPS) is 10.5. The van der Waals surface area contributed by atoms with E-state index in [1.54, 1.807) is 94.1 Å². The molecule has 0 aliphatic rings. The monoisotopic (exact) mass is 544 g/mol. The molecular weight excluding hydrogens is 519 g/mol. The Bertz CT molecular complexity index is 1260. The van der Waals surface area contributed by atoms with E-state index in [0.29, 0.717) is 22.2 Å². The topological polar surface area (TPSA) is 116 Å². The number of phosphoric ester groups is 1. The van der Waals surface area contributed by atoms with Gasteiger partial charge in [-0.3, -0.25) is 0 Å². The van der Waals surface area contributed by atoms with Crippen LogP contribution in [0.1, 0.15) is 5.56 Å². The van der Waals surface area contributed by atoms with E-state index in [1.807, 2.05) is 0 Å². The number of phosphoric acid groups is 1. The number of anilines is 1. The first-order valence-electron chi connectivity index (χ1n) is 10.9. The van der Waals surface area contributed by atoms with E-state index in [4.69, 9.17) is 40.5 Å². The highest BCUT2D eigenvalue weighted by atomic mass is 35.5. The summed E-state index contributed by atoms with van der Waals surface area (Å²) < 4.78 is 41.7. The van der Waals surface area contributed by atoms with Crippen molar-refractivity contribution in [3.8, 4) is 28.7 Å². The molecule has 0 spiro atoms. The molecule has 0 saturated heterocycles. The van der Waals surface area contributed by atoms with Gasteiger partial charge in [-0.25, -0.2) is 0 Å². The minimum Gasteiger partial charge on any atom is -0.872 e. The second-order valence-corrected chi connectivity index (χ2v) is 9.32. The molecule has 9 nitrogen and oxygen atoms in total. The summed E-state index contributed by atoms with van der Waals surface area (Å²) in [5.41, 5.74) is 7.15. The largest absolute Gasteiger partial charge is 0.872 e. The number of rotatable bonds is 8. The van der Waals surface area contributed by atoms with Crippen molar-refractivity contribution >= 4 is 25.1 Å². The number of nitrogen functional groups attached to an aromatic ring is 1. The Labute approximate surface area is 220 Å². The zero-order valence-electron chi connectivity index (χ0n) is 20.4. The lowest BCUT2D eigenvalue weighted by Gasteiger charge is -2.15. The molecule has 0 bridgehead atoms. The van der Waals surface area contributed by atoms with Gasteiger partial charge in [-0.1, -0.05) is 23.7 Å². The number of hydrogen-bond donors (Lipinski definition) is 1. The van der Waals surface area contributed by atoms with Crippen molar-refractivity contribution in [2.24, 2.45) is 0 Å². The summed E-state index contributed by atoms with van der Waals surface area (Å²) in [4.78, 5) is 0. The highest BCUT2D eigenvalue weighted by Gasteiger charge is 2.38. The van der Waals surface area contributed by atoms with E-state index in [9.17, 15) is 9.67 Å². The summed E-state index contributed by atoms with van der Waals surface area (Å²) >= 11 is 5.47. The third-order valence-corrected chi connectivity index (χ3v) is 6.25. The minimum atomic E-state index is -4.13. The summed E-state index contributed by atoms with van der Waals surface area (Å²) in [5.74, 6) is 1.83. The molecule has 2 N–H and O–H groups in total. The van der Waals surface area contributed by atoms with E-state index in [1.165, 1.54) is 23.1 Å². The molecule has 194 valence electrons. The number of nitrogens with zero attached hydrogens (tertiary/aromatic N) is 1. The summed E-state index contributed by atoms with van der Waals surface area (Å²) in [6.45, 7) is 1.80. The van der Waals surface area contributed by atoms with Gasteiger partial charge in [-0.2, -0.15) is 4.57 Å². The first kappa shape index (κ1) is 27.5. The van der Waals surface area contributed by atoms with E-state index >= 15 is 0 Å². The molecule has 0 aliphatic heterocycles. The van der Waals surface area contributed by atoms with Crippen molar-refractivity contribution in [1.29, 1.82) is 0 Å². The minimum absolute atomic E-state index is 0.00519. The highest BCUT2D eigenvalue weighted by Crippen LogP contribution is 2.46. The number of halogens is 1. The number of nitrogens with two attached hydrogens (primary N) is 1. The van der Waals surface area contributed by atoms with Gasteiger partial charge in [0.1, 0.15) is 23.0 Å². The fourth-order valence-corrected chi connectivity index (χ4v) is 4.10. The Morgan fingerprint density at radius 2 is 1.24 bits per heavy atom. The molecule has 4 rings (SSSR count). The zero-order chi connectivity index (χ0) is 26.8. The van der Waals surface area contributed by atoms with E-state index in [-0.39, 0.29) is 17.2 Å². The Kier molecular flexibility index (Phi) is 9.49. The Morgan fingerprint density at radius 1 is 0.784 bits per heavy atom. The molecule has 37 heavy (non-hydrogen) atoms. The van der Waals surface area contributed by atoms with Crippen LogP contribution in [-0.4, -0.2) is 14.2 Å². The molecule has 0 saturated carbocycles. The summed E-state index contributed by atoms with van der Waals surface area (Å²) in [6.07, 6.45) is 3.10. The number of ether oxygens (including phenoxy) is 2. The summed E-state index contributed by atoms with van der Waals surface area (Å²) in [7, 11) is -1.02. The van der Waals surface area contributed by atoms with Crippen LogP contribution in [0.15, 0.2) is 91.3 Å². The Hall–Kier alpha value is -4.07. The van der Waals surface area contributed by atoms with Crippen LogP contribution in [0.5, 0.6) is 28.7 Å². The van der Waals surface area contributed by atoms with Crippen molar-refractivity contribution < 1.29 is 37.5 Å². The predicted octanol–water partition coefficient (Wildman–Crippen LogP) is 4.99. The van der Waals surface area contributed by atoms with Gasteiger partial charge in [-0.05, 0) is 67.6 Å². The number of hydrogen-bond acceptors (Lipinski definition) is 8. The van der Waals surface area contributed by atoms with E-state index < -0.39 is 7.82 Å². The van der Waals surface area contributed by atoms with Gasteiger partial charge in [0.15, 0.2) is 0 Å². The van der Waals surface area contributed by atoms with Crippen molar-refractivity contribution in [3.63, 3.8) is 0 Å². The fraction of sp³-hybridized carbons (Fsp3) is 0.115. The van der Waals surface area contributed by atoms with Crippen molar-refractivity contribution in [2.75, 3.05) is 20.0 Å². The molecule has 0 atom stereocenters. The number of benzene rings is 3. The predicted molar refractivity (Wildman–Crippen MR) is 138 cm³/mol. The van der Waals surface area contributed by atoms with Crippen LogP contribution < -0.4 is 38.7 Å². The van der Waals surface area contributed by atoms with Crippen molar-refractivity contribution in [2.45, 2.75) is 6.92 Å². The Balaban J connectivity index is 0.000000405. The second kappa shape index (κ2) is 12.8. The number of aromatic nitrogens is 1. The standard InChI is InChI=1S/C20H21N2O6P.C6H5ClO/c1-15-14-22(13-12-20(15)21)28-29(23,26-18-8-4-16(24-2)5-9-18)27-19-10-6-17(25-3)7-11-19;7-5-1-3-6(8)4-2-5/h4-14,21H,1-3H3;1-4,8H. The maximum absolute atomic E-state index is 13.4. The first-order chi connectivity index (χ1) is 17.7. The number of methoxy groups -OCH3 is 2. The number of pyridine rings is 1. The molecule has 11 heteroatoms. The molecule has 0 radical (unpaired) electrons. The van der Waals surface area contributed by atoms with Gasteiger partial charge in [0, 0.05) is 27.1 Å². The SMILES string of the molecule is COc1ccc(OP(=O)(Oc2ccc(OC)cc2)O[n+]2ccc(N)c(C)c2)cc1.[O-]c1ccc(Cl)cc1. The average Bonchev–Trinajstić information content (AvgIpc) is 2.89. The van der Waals surface area contributed by atoms with Crippen LogP contribution >= 0.6 is 19.4 Å². The van der Waals surface area contributed by atoms with Crippen LogP contribution in [-0.2, 0) is 4.57 Å². The Morgan fingerprint density at radius 3 is 1.65 bits per heavy atom. The van der Waals surface area contributed by atoms with E-state index in [0.717, 1.165) is 5.56 Å². The smallest absolute Gasteiger partial charge is 0.700 e. The van der Waals surface area contributed by atoms with Gasteiger partial charge in [0.2, 0.25) is 12.4 Å². The highest BCUT2D eigenvalue weighted by molar-refractivity contribution is 7.49. The van der Waals surface area contributed by atoms with Gasteiger partial charge in [0.25, 0.3) is 0 Å². The molecule has 0 amide bonds. The molecule has 0 aliphatic carbocycles. The molecule has 3 aromatic carbocycles. The third-order valence-electron chi connectivity index (χ3n) is 4.74. The van der Waals surface area contributed by atoms with Gasteiger partial charge in [-0.15, -0.1) is 10.4 Å². The maximum Gasteiger partial charge on any atom is 0.700 e. The second-order valence-electron chi connectivity index (χ2n) is 7.46. The van der Waals surface area contributed by atoms with Crippen molar-refractivity contribution in [1.82, 2.24) is 0 Å². The first-order valence-corrected chi connectivity index (χ1v) is 12.7.